The van der Waals surface area contributed by atoms with Crippen molar-refractivity contribution >= 4 is 5.97 Å². The van der Waals surface area contributed by atoms with Crippen molar-refractivity contribution in [2.75, 3.05) is 0 Å². The van der Waals surface area contributed by atoms with Crippen LogP contribution < -0.4 is 0 Å². The topological polar surface area (TPSA) is 66.0 Å². The van der Waals surface area contributed by atoms with E-state index >= 15 is 0 Å². The van der Waals surface area contributed by atoms with E-state index in [1.807, 2.05) is 0 Å². The van der Waals surface area contributed by atoms with Crippen molar-refractivity contribution in [2.24, 2.45) is 0 Å². The quantitative estimate of drug-likeness (QED) is 0.279. The Morgan fingerprint density at radius 1 is 0.920 bits per heavy atom. The molecule has 1 rings (SSSR count). The predicted octanol–water partition coefficient (Wildman–Crippen LogP) is 6.52. The number of nitrogens with zero attached hydrogens (tertiary/aromatic N) is 1. The molecule has 0 radical (unpaired) electrons. The van der Waals surface area contributed by atoms with Gasteiger partial charge in [0.25, 0.3) is 0 Å². The van der Waals surface area contributed by atoms with Crippen molar-refractivity contribution in [2.45, 2.75) is 96.8 Å². The van der Waals surface area contributed by atoms with E-state index in [9.17, 15) is 4.79 Å². The molecule has 0 saturated heterocycles. The second-order valence-electron chi connectivity index (χ2n) is 6.49. The van der Waals surface area contributed by atoms with E-state index in [1.54, 1.807) is 18.7 Å². The van der Waals surface area contributed by atoms with E-state index in [4.69, 9.17) is 5.11 Å². The number of rotatable bonds is 15. The normalized spacial score (nSPS) is 10.6. The summed E-state index contributed by atoms with van der Waals surface area (Å²) in [5, 5.41) is 8.51. The first-order chi connectivity index (χ1) is 12.3. The van der Waals surface area contributed by atoms with Gasteiger partial charge in [-0.2, -0.15) is 0 Å². The van der Waals surface area contributed by atoms with Crippen LogP contribution in [-0.4, -0.2) is 21.0 Å². The molecule has 1 heterocycles. The number of aromatic amines is 1. The van der Waals surface area contributed by atoms with Gasteiger partial charge in [0, 0.05) is 18.8 Å². The minimum absolute atomic E-state index is 0.332. The van der Waals surface area contributed by atoms with Crippen LogP contribution in [0.2, 0.25) is 0 Å². The average Bonchev–Trinajstić information content (AvgIpc) is 3.18. The lowest BCUT2D eigenvalue weighted by Crippen LogP contribution is -1.93. The number of H-pyrrole nitrogens is 1. The zero-order valence-electron chi connectivity index (χ0n) is 16.1. The van der Waals surface area contributed by atoms with E-state index in [0.717, 1.165) is 12.8 Å². The molecule has 1 aromatic heterocycles. The summed E-state index contributed by atoms with van der Waals surface area (Å²) in [4.78, 5) is 16.7. The summed E-state index contributed by atoms with van der Waals surface area (Å²) in [5.41, 5.74) is 0. The van der Waals surface area contributed by atoms with Crippen LogP contribution in [0.4, 0.5) is 0 Å². The molecule has 25 heavy (non-hydrogen) atoms. The molecule has 1 aromatic rings. The maximum atomic E-state index is 10.3. The number of hydrogen-bond acceptors (Lipinski definition) is 2. The van der Waals surface area contributed by atoms with Gasteiger partial charge in [-0.25, -0.2) is 4.98 Å². The zero-order valence-corrected chi connectivity index (χ0v) is 16.1. The number of imidazole rings is 1. The molecule has 0 spiro atoms. The highest BCUT2D eigenvalue weighted by atomic mass is 16.4. The van der Waals surface area contributed by atoms with Crippen LogP contribution in [0, 0.1) is 0 Å². The van der Waals surface area contributed by atoms with Gasteiger partial charge in [0.15, 0.2) is 0 Å². The molecule has 4 nitrogen and oxygen atoms in total. The van der Waals surface area contributed by atoms with Crippen molar-refractivity contribution in [1.82, 2.24) is 9.97 Å². The fourth-order valence-corrected chi connectivity index (χ4v) is 2.56. The molecular formula is C21H38N2O2. The summed E-state index contributed by atoms with van der Waals surface area (Å²) in [6.45, 7) is 2.26. The van der Waals surface area contributed by atoms with Gasteiger partial charge >= 0.3 is 5.97 Å². The Labute approximate surface area is 154 Å². The van der Waals surface area contributed by atoms with Crippen molar-refractivity contribution in [3.63, 3.8) is 0 Å². The van der Waals surface area contributed by atoms with E-state index in [-0.39, 0.29) is 0 Å². The minimum Gasteiger partial charge on any atom is -0.481 e. The van der Waals surface area contributed by atoms with Crippen LogP contribution in [0.15, 0.2) is 30.9 Å². The Balaban J connectivity index is 0.000000972. The average molecular weight is 351 g/mol. The molecule has 144 valence electrons. The lowest BCUT2D eigenvalue weighted by molar-refractivity contribution is -0.137. The van der Waals surface area contributed by atoms with Crippen LogP contribution in [0.25, 0.3) is 0 Å². The van der Waals surface area contributed by atoms with Gasteiger partial charge in [-0.3, -0.25) is 4.79 Å². The van der Waals surface area contributed by atoms with Crippen molar-refractivity contribution in [3.8, 4) is 0 Å². The summed E-state index contributed by atoms with van der Waals surface area (Å²) in [6, 6.07) is 0. The summed E-state index contributed by atoms with van der Waals surface area (Å²) in [7, 11) is 0. The highest BCUT2D eigenvalue weighted by molar-refractivity contribution is 5.66. The molecule has 0 atom stereocenters. The second-order valence-corrected chi connectivity index (χ2v) is 6.49. The van der Waals surface area contributed by atoms with Gasteiger partial charge in [0.1, 0.15) is 0 Å². The SMILES string of the molecule is CCCCCCCCC=CCCCCCCCC(=O)O.c1c[nH]cn1. The number of unbranched alkanes of at least 4 members (excludes halogenated alkanes) is 11. The Morgan fingerprint density at radius 2 is 1.48 bits per heavy atom. The Bertz CT molecular complexity index is 371. The molecule has 0 unspecified atom stereocenters. The highest BCUT2D eigenvalue weighted by Gasteiger charge is 1.95. The van der Waals surface area contributed by atoms with Crippen LogP contribution >= 0.6 is 0 Å². The third-order valence-corrected chi connectivity index (χ3v) is 4.06. The lowest BCUT2D eigenvalue weighted by Gasteiger charge is -1.99. The summed E-state index contributed by atoms with van der Waals surface area (Å²) in [5.74, 6) is -0.664. The van der Waals surface area contributed by atoms with Crippen molar-refractivity contribution in [3.05, 3.63) is 30.9 Å². The second kappa shape index (κ2) is 20.5. The number of carboxylic acid groups (broad SMARTS) is 1. The van der Waals surface area contributed by atoms with Gasteiger partial charge in [-0.15, -0.1) is 0 Å². The molecule has 0 fully saturated rings. The summed E-state index contributed by atoms with van der Waals surface area (Å²) in [6.07, 6.45) is 26.3. The van der Waals surface area contributed by atoms with Crippen LogP contribution in [0.3, 0.4) is 0 Å². The third-order valence-electron chi connectivity index (χ3n) is 4.06. The Morgan fingerprint density at radius 3 is 1.92 bits per heavy atom. The van der Waals surface area contributed by atoms with E-state index in [0.29, 0.717) is 6.42 Å². The predicted molar refractivity (Wildman–Crippen MR) is 106 cm³/mol. The van der Waals surface area contributed by atoms with Gasteiger partial charge in [-0.05, 0) is 32.1 Å². The van der Waals surface area contributed by atoms with Gasteiger partial charge in [0.05, 0.1) is 6.33 Å². The number of allylic oxidation sites excluding steroid dienone is 2. The first-order valence-electron chi connectivity index (χ1n) is 10.1. The van der Waals surface area contributed by atoms with Crippen LogP contribution in [0.5, 0.6) is 0 Å². The van der Waals surface area contributed by atoms with Crippen molar-refractivity contribution < 1.29 is 9.90 Å². The molecule has 0 amide bonds. The maximum Gasteiger partial charge on any atom is 0.303 e. The zero-order chi connectivity index (χ0) is 18.4. The van der Waals surface area contributed by atoms with Gasteiger partial charge < -0.3 is 10.1 Å². The third kappa shape index (κ3) is 22.4. The van der Waals surface area contributed by atoms with Gasteiger partial charge in [0.2, 0.25) is 0 Å². The monoisotopic (exact) mass is 350 g/mol. The molecule has 4 heteroatoms. The fraction of sp³-hybridized carbons (Fsp3) is 0.714. The molecule has 0 saturated carbocycles. The first-order valence-corrected chi connectivity index (χ1v) is 10.1. The molecule has 2 N–H and O–H groups in total. The van der Waals surface area contributed by atoms with Crippen molar-refractivity contribution in [1.29, 1.82) is 0 Å². The highest BCUT2D eigenvalue weighted by Crippen LogP contribution is 2.09. The van der Waals surface area contributed by atoms with Crippen LogP contribution in [0.1, 0.15) is 96.8 Å². The molecular weight excluding hydrogens is 312 g/mol. The van der Waals surface area contributed by atoms with Gasteiger partial charge in [-0.1, -0.05) is 70.4 Å². The Hall–Kier alpha value is -1.58. The first kappa shape index (κ1) is 23.4. The van der Waals surface area contributed by atoms with E-state index in [1.165, 1.54) is 70.6 Å². The minimum atomic E-state index is -0.664. The van der Waals surface area contributed by atoms with E-state index in [2.05, 4.69) is 29.0 Å². The maximum absolute atomic E-state index is 10.3. The Kier molecular flexibility index (Phi) is 19.2. The summed E-state index contributed by atoms with van der Waals surface area (Å²) >= 11 is 0. The number of carboxylic acids is 1. The number of aliphatic carboxylic acids is 1. The number of carbonyl (C=O) groups is 1. The molecule has 0 aliphatic carbocycles. The molecule has 0 bridgehead atoms. The smallest absolute Gasteiger partial charge is 0.303 e. The molecule has 0 aromatic carbocycles. The number of aromatic nitrogens is 2. The van der Waals surface area contributed by atoms with E-state index < -0.39 is 5.97 Å². The number of nitrogens with one attached hydrogen (secondary N) is 1. The fourth-order valence-electron chi connectivity index (χ4n) is 2.56. The molecule has 0 aliphatic rings. The lowest BCUT2D eigenvalue weighted by atomic mass is 10.1. The summed E-state index contributed by atoms with van der Waals surface area (Å²) < 4.78 is 0. The largest absolute Gasteiger partial charge is 0.481 e. The standard InChI is InChI=1S/C18H34O2.C3H4N2/c1-2-3-4-5-6-7-8-9-10-11-12-13-14-15-16-17-18(19)20;1-2-5-3-4-1/h9-10H,2-8,11-17H2,1H3,(H,19,20);1-3H,(H,4,5). The number of hydrogen-bond donors (Lipinski definition) is 2. The molecule has 0 aliphatic heterocycles. The van der Waals surface area contributed by atoms with Crippen LogP contribution in [-0.2, 0) is 4.79 Å².